The van der Waals surface area contributed by atoms with E-state index in [4.69, 9.17) is 4.74 Å². The van der Waals surface area contributed by atoms with Crippen LogP contribution in [0.1, 0.15) is 40.7 Å². The van der Waals surface area contributed by atoms with Crippen LogP contribution in [-0.2, 0) is 13.0 Å². The summed E-state index contributed by atoms with van der Waals surface area (Å²) in [6.07, 6.45) is 7.44. The first-order valence-corrected chi connectivity index (χ1v) is 12.1. The third-order valence-electron chi connectivity index (χ3n) is 7.08. The number of ketones is 1. The van der Waals surface area contributed by atoms with Crippen LogP contribution in [0.4, 0.5) is 0 Å². The largest absolute Gasteiger partial charge is 0.493 e. The van der Waals surface area contributed by atoms with E-state index in [1.807, 2.05) is 42.7 Å². The second-order valence-electron chi connectivity index (χ2n) is 9.48. The number of nitrogens with one attached hydrogen (secondary N) is 1. The Bertz CT molecular complexity index is 1330. The van der Waals surface area contributed by atoms with Gasteiger partial charge < -0.3 is 4.74 Å². The number of aromatic amines is 1. The summed E-state index contributed by atoms with van der Waals surface area (Å²) in [4.78, 5) is 19.8. The van der Waals surface area contributed by atoms with Crippen molar-refractivity contribution in [2.75, 3.05) is 19.7 Å². The number of piperidine rings is 1. The van der Waals surface area contributed by atoms with E-state index in [2.05, 4.69) is 38.3 Å². The summed E-state index contributed by atoms with van der Waals surface area (Å²) in [5.41, 5.74) is 6.16. The lowest BCUT2D eigenvalue weighted by Crippen LogP contribution is -2.35. The van der Waals surface area contributed by atoms with E-state index in [-0.39, 0.29) is 5.78 Å². The lowest BCUT2D eigenvalue weighted by molar-refractivity contribution is 0.0913. The van der Waals surface area contributed by atoms with E-state index in [1.54, 1.807) is 0 Å². The molecule has 1 fully saturated rings. The highest BCUT2D eigenvalue weighted by molar-refractivity contribution is 6.02. The number of carbonyl (C=O) groups is 1. The van der Waals surface area contributed by atoms with Crippen molar-refractivity contribution < 1.29 is 9.53 Å². The molecule has 0 bridgehead atoms. The van der Waals surface area contributed by atoms with Crippen LogP contribution in [0.15, 0.2) is 60.9 Å². The first-order valence-electron chi connectivity index (χ1n) is 12.1. The number of H-pyrrole nitrogens is 1. The number of benzene rings is 2. The van der Waals surface area contributed by atoms with Crippen LogP contribution >= 0.6 is 0 Å². The van der Waals surface area contributed by atoms with Gasteiger partial charge in [0, 0.05) is 54.8 Å². The Morgan fingerprint density at radius 1 is 1.12 bits per heavy atom. The van der Waals surface area contributed by atoms with Gasteiger partial charge in [-0.25, -0.2) is 0 Å². The third-order valence-corrected chi connectivity index (χ3v) is 7.08. The van der Waals surface area contributed by atoms with Crippen molar-refractivity contribution in [3.63, 3.8) is 0 Å². The standard InChI is InChI=1S/C28H28N4O2/c33-26(14-20-2-1-12-32(18-20)17-19-7-10-29-11-8-19)21-3-5-25-24(16-21)28(31-30-25)23-4-6-27-22(15-23)9-13-34-27/h3-8,10-11,15-16,20H,1-2,9,12-14,17-18H2,(H,30,31)/t20-/m0/s1. The molecule has 172 valence electrons. The predicted molar refractivity (Wildman–Crippen MR) is 132 cm³/mol. The van der Waals surface area contributed by atoms with Gasteiger partial charge in [0.2, 0.25) is 0 Å². The zero-order valence-electron chi connectivity index (χ0n) is 19.2. The zero-order valence-corrected chi connectivity index (χ0v) is 19.2. The third kappa shape index (κ3) is 4.21. The Morgan fingerprint density at radius 3 is 2.94 bits per heavy atom. The van der Waals surface area contributed by atoms with Crippen molar-refractivity contribution in [3.8, 4) is 17.0 Å². The smallest absolute Gasteiger partial charge is 0.163 e. The average molecular weight is 453 g/mol. The quantitative estimate of drug-likeness (QED) is 0.415. The lowest BCUT2D eigenvalue weighted by Gasteiger charge is -2.32. The molecule has 2 aliphatic rings. The number of hydrogen-bond donors (Lipinski definition) is 1. The molecule has 6 nitrogen and oxygen atoms in total. The van der Waals surface area contributed by atoms with Crippen molar-refractivity contribution in [2.45, 2.75) is 32.2 Å². The molecule has 4 heterocycles. The van der Waals surface area contributed by atoms with Gasteiger partial charge in [-0.1, -0.05) is 0 Å². The number of pyridine rings is 1. The van der Waals surface area contributed by atoms with E-state index in [9.17, 15) is 4.79 Å². The highest BCUT2D eigenvalue weighted by Gasteiger charge is 2.23. The summed E-state index contributed by atoms with van der Waals surface area (Å²) in [5, 5.41) is 8.69. The Balaban J connectivity index is 1.18. The minimum Gasteiger partial charge on any atom is -0.493 e. The van der Waals surface area contributed by atoms with Crippen molar-refractivity contribution in [3.05, 3.63) is 77.6 Å². The number of rotatable bonds is 6. The number of Topliss-reactive ketones (excluding diaryl/α,β-unsaturated/α-hetero) is 1. The van der Waals surface area contributed by atoms with Crippen LogP contribution < -0.4 is 4.74 Å². The number of ether oxygens (including phenoxy) is 1. The molecule has 1 N–H and O–H groups in total. The molecule has 0 saturated carbocycles. The molecule has 0 spiro atoms. The maximum atomic E-state index is 13.3. The molecule has 34 heavy (non-hydrogen) atoms. The van der Waals surface area contributed by atoms with Crippen LogP contribution in [0, 0.1) is 5.92 Å². The summed E-state index contributed by atoms with van der Waals surface area (Å²) >= 11 is 0. The molecule has 1 saturated heterocycles. The maximum Gasteiger partial charge on any atom is 0.163 e. The number of aromatic nitrogens is 3. The van der Waals surface area contributed by atoms with Gasteiger partial charge in [-0.05, 0) is 85.0 Å². The van der Waals surface area contributed by atoms with E-state index in [1.165, 1.54) is 11.1 Å². The van der Waals surface area contributed by atoms with Crippen molar-refractivity contribution in [1.29, 1.82) is 0 Å². The molecular weight excluding hydrogens is 424 g/mol. The molecule has 2 aromatic heterocycles. The lowest BCUT2D eigenvalue weighted by atomic mass is 9.90. The number of nitrogens with zero attached hydrogens (tertiary/aromatic N) is 3. The normalized spacial score (nSPS) is 18.1. The summed E-state index contributed by atoms with van der Waals surface area (Å²) in [6.45, 7) is 3.71. The van der Waals surface area contributed by atoms with E-state index < -0.39 is 0 Å². The molecular formula is C28H28N4O2. The minimum atomic E-state index is 0.215. The van der Waals surface area contributed by atoms with Gasteiger partial charge in [0.25, 0.3) is 0 Å². The molecule has 4 aromatic rings. The highest BCUT2D eigenvalue weighted by Crippen LogP contribution is 2.33. The van der Waals surface area contributed by atoms with Gasteiger partial charge in [0.15, 0.2) is 5.78 Å². The summed E-state index contributed by atoms with van der Waals surface area (Å²) in [5.74, 6) is 1.57. The van der Waals surface area contributed by atoms with Gasteiger partial charge in [0.1, 0.15) is 5.75 Å². The van der Waals surface area contributed by atoms with Crippen molar-refractivity contribution >= 4 is 16.7 Å². The van der Waals surface area contributed by atoms with Gasteiger partial charge in [-0.2, -0.15) is 5.10 Å². The van der Waals surface area contributed by atoms with Crippen LogP contribution in [0.25, 0.3) is 22.2 Å². The Morgan fingerprint density at radius 2 is 2.03 bits per heavy atom. The second-order valence-corrected chi connectivity index (χ2v) is 9.48. The topological polar surface area (TPSA) is 71.1 Å². The fraction of sp³-hybridized carbons (Fsp3) is 0.321. The van der Waals surface area contributed by atoms with Crippen LogP contribution in [-0.4, -0.2) is 45.6 Å². The summed E-state index contributed by atoms with van der Waals surface area (Å²) in [7, 11) is 0. The van der Waals surface area contributed by atoms with E-state index in [0.29, 0.717) is 12.3 Å². The van der Waals surface area contributed by atoms with Gasteiger partial charge >= 0.3 is 0 Å². The number of fused-ring (bicyclic) bond motifs is 2. The average Bonchev–Trinajstić information content (AvgIpc) is 3.51. The Labute approximate surface area is 199 Å². The van der Waals surface area contributed by atoms with Crippen molar-refractivity contribution in [1.82, 2.24) is 20.1 Å². The first kappa shape index (κ1) is 21.1. The zero-order chi connectivity index (χ0) is 22.9. The number of carbonyl (C=O) groups excluding carboxylic acids is 1. The predicted octanol–water partition coefficient (Wildman–Crippen LogP) is 5.04. The highest BCUT2D eigenvalue weighted by atomic mass is 16.5. The molecule has 1 atom stereocenters. The van der Waals surface area contributed by atoms with Crippen molar-refractivity contribution in [2.24, 2.45) is 5.92 Å². The Hall–Kier alpha value is -3.51. The van der Waals surface area contributed by atoms with Gasteiger partial charge in [-0.3, -0.25) is 19.8 Å². The molecule has 2 aliphatic heterocycles. The van der Waals surface area contributed by atoms with Gasteiger partial charge in [0.05, 0.1) is 17.8 Å². The Kier molecular flexibility index (Phi) is 5.59. The van der Waals surface area contributed by atoms with Crippen LogP contribution in [0.5, 0.6) is 5.75 Å². The fourth-order valence-corrected chi connectivity index (χ4v) is 5.33. The maximum absolute atomic E-state index is 13.3. The van der Waals surface area contributed by atoms with E-state index in [0.717, 1.165) is 79.0 Å². The fourth-order valence-electron chi connectivity index (χ4n) is 5.33. The molecule has 2 aromatic carbocycles. The minimum absolute atomic E-state index is 0.215. The number of likely N-dealkylation sites (tertiary alicyclic amines) is 1. The summed E-state index contributed by atoms with van der Waals surface area (Å²) < 4.78 is 5.64. The molecule has 0 radical (unpaired) electrons. The van der Waals surface area contributed by atoms with Crippen LogP contribution in [0.3, 0.4) is 0 Å². The first-order chi connectivity index (χ1) is 16.7. The number of hydrogen-bond acceptors (Lipinski definition) is 5. The van der Waals surface area contributed by atoms with E-state index >= 15 is 0 Å². The molecule has 6 heteroatoms. The molecule has 0 amide bonds. The molecule has 0 aliphatic carbocycles. The van der Waals surface area contributed by atoms with Gasteiger partial charge in [-0.15, -0.1) is 0 Å². The molecule has 0 unspecified atom stereocenters. The second kappa shape index (κ2) is 9.03. The van der Waals surface area contributed by atoms with Crippen LogP contribution in [0.2, 0.25) is 0 Å². The SMILES string of the molecule is O=C(C[C@@H]1CCCN(Cc2ccncc2)C1)c1ccc2[nH]nc(-c3ccc4c(c3)CCO4)c2c1. The molecule has 6 rings (SSSR count). The summed E-state index contributed by atoms with van der Waals surface area (Å²) in [6, 6.07) is 16.3. The monoisotopic (exact) mass is 452 g/mol.